The highest BCUT2D eigenvalue weighted by Gasteiger charge is 2.45. The summed E-state index contributed by atoms with van der Waals surface area (Å²) in [4.78, 5) is 3.94. The number of benzene rings is 1. The summed E-state index contributed by atoms with van der Waals surface area (Å²) in [5, 5.41) is 5.10. The number of hydrogen-bond donors (Lipinski definition) is 0. The summed E-state index contributed by atoms with van der Waals surface area (Å²) in [5.74, 6) is -0.339. The van der Waals surface area contributed by atoms with Crippen molar-refractivity contribution in [3.63, 3.8) is 0 Å². The summed E-state index contributed by atoms with van der Waals surface area (Å²) in [6, 6.07) is 5.17. The van der Waals surface area contributed by atoms with Crippen LogP contribution in [0.15, 0.2) is 30.9 Å². The summed E-state index contributed by atoms with van der Waals surface area (Å²) >= 11 is 12.4. The van der Waals surface area contributed by atoms with Gasteiger partial charge >= 0.3 is 0 Å². The Bertz CT molecular complexity index is 844. The van der Waals surface area contributed by atoms with E-state index in [4.69, 9.17) is 27.9 Å². The molecule has 3 rings (SSSR count). The van der Waals surface area contributed by atoms with Crippen LogP contribution in [-0.4, -0.2) is 42.7 Å². The van der Waals surface area contributed by atoms with Crippen LogP contribution in [0, 0.1) is 5.92 Å². The quantitative estimate of drug-likeness (QED) is 0.686. The van der Waals surface area contributed by atoms with E-state index in [1.54, 1.807) is 29.2 Å². The lowest BCUT2D eigenvalue weighted by molar-refractivity contribution is -0.0175. The average molecular weight is 406 g/mol. The fourth-order valence-corrected chi connectivity index (χ4v) is 4.65. The molecule has 0 unspecified atom stereocenters. The van der Waals surface area contributed by atoms with Gasteiger partial charge in [0.05, 0.1) is 26.0 Å². The summed E-state index contributed by atoms with van der Waals surface area (Å²) in [6.45, 7) is 0.633. The van der Waals surface area contributed by atoms with Gasteiger partial charge in [0.15, 0.2) is 0 Å². The van der Waals surface area contributed by atoms with Crippen molar-refractivity contribution in [1.82, 2.24) is 14.8 Å². The summed E-state index contributed by atoms with van der Waals surface area (Å²) in [5.41, 5.74) is -0.0742. The van der Waals surface area contributed by atoms with E-state index in [1.165, 1.54) is 6.33 Å². The van der Waals surface area contributed by atoms with Crippen LogP contribution in [0.5, 0.6) is 0 Å². The first-order valence-corrected chi connectivity index (χ1v) is 9.87. The first-order chi connectivity index (χ1) is 11.8. The highest BCUT2D eigenvalue weighted by molar-refractivity contribution is 7.86. The van der Waals surface area contributed by atoms with E-state index in [0.29, 0.717) is 23.0 Å². The van der Waals surface area contributed by atoms with E-state index in [-0.39, 0.29) is 18.3 Å². The second kappa shape index (κ2) is 7.20. The Balaban J connectivity index is 1.94. The molecular formula is C15H17Cl2N3O4S. The van der Waals surface area contributed by atoms with Gasteiger partial charge in [-0.15, -0.1) is 0 Å². The minimum absolute atomic E-state index is 0.117. The van der Waals surface area contributed by atoms with Gasteiger partial charge in [-0.05, 0) is 18.6 Å². The Morgan fingerprint density at radius 1 is 1.44 bits per heavy atom. The molecule has 0 radical (unpaired) electrons. The fraction of sp³-hybridized carbons (Fsp3) is 0.467. The Kier molecular flexibility index (Phi) is 5.36. The molecule has 2 aromatic rings. The van der Waals surface area contributed by atoms with Gasteiger partial charge in [0.1, 0.15) is 18.3 Å². The highest BCUT2D eigenvalue weighted by atomic mass is 35.5. The molecule has 1 saturated heterocycles. The van der Waals surface area contributed by atoms with Crippen molar-refractivity contribution in [3.8, 4) is 0 Å². The van der Waals surface area contributed by atoms with E-state index in [1.807, 2.05) is 0 Å². The minimum Gasteiger partial charge on any atom is -0.368 e. The summed E-state index contributed by atoms with van der Waals surface area (Å²) < 4.78 is 35.9. The predicted octanol–water partition coefficient (Wildman–Crippen LogP) is 2.49. The van der Waals surface area contributed by atoms with Crippen LogP contribution in [0.1, 0.15) is 12.0 Å². The molecule has 1 aliphatic heterocycles. The molecule has 0 aliphatic carbocycles. The number of hydrogen-bond acceptors (Lipinski definition) is 6. The maximum Gasteiger partial charge on any atom is 0.267 e. The lowest BCUT2D eigenvalue weighted by Crippen LogP contribution is -2.32. The third-order valence-electron chi connectivity index (χ3n) is 4.21. The Morgan fingerprint density at radius 3 is 2.88 bits per heavy atom. The standard InChI is InChI=1S/C15H17Cl2N3O4S/c1-23-25(21,22)7-11-5-15(24-6-11,8-20-10-18-9-19-20)13-3-2-12(16)4-14(13)17/h2-4,9-11H,5-8H2,1H3/t11-,15-/m0/s1. The number of aromatic nitrogens is 3. The molecule has 0 bridgehead atoms. The maximum atomic E-state index is 11.8. The van der Waals surface area contributed by atoms with Gasteiger partial charge in [0.25, 0.3) is 10.1 Å². The van der Waals surface area contributed by atoms with Crippen molar-refractivity contribution in [2.24, 2.45) is 5.92 Å². The van der Waals surface area contributed by atoms with Crippen molar-refractivity contribution in [1.29, 1.82) is 0 Å². The van der Waals surface area contributed by atoms with Crippen molar-refractivity contribution in [2.75, 3.05) is 19.5 Å². The molecule has 0 amide bonds. The van der Waals surface area contributed by atoms with Crippen LogP contribution in [0.2, 0.25) is 10.0 Å². The first-order valence-electron chi connectivity index (χ1n) is 7.54. The van der Waals surface area contributed by atoms with E-state index >= 15 is 0 Å². The van der Waals surface area contributed by atoms with E-state index in [0.717, 1.165) is 12.7 Å². The molecule has 2 atom stereocenters. The van der Waals surface area contributed by atoms with Crippen molar-refractivity contribution in [3.05, 3.63) is 46.5 Å². The molecule has 1 aromatic carbocycles. The van der Waals surface area contributed by atoms with E-state index in [2.05, 4.69) is 14.3 Å². The van der Waals surface area contributed by atoms with Crippen LogP contribution in [-0.2, 0) is 31.2 Å². The lowest BCUT2D eigenvalue weighted by Gasteiger charge is -2.30. The van der Waals surface area contributed by atoms with Crippen molar-refractivity contribution < 1.29 is 17.3 Å². The second-order valence-corrected chi connectivity index (χ2v) is 8.61. The van der Waals surface area contributed by atoms with Gasteiger partial charge < -0.3 is 4.74 Å². The van der Waals surface area contributed by atoms with Gasteiger partial charge in [0, 0.05) is 21.5 Å². The van der Waals surface area contributed by atoms with Crippen LogP contribution in [0.25, 0.3) is 0 Å². The zero-order valence-corrected chi connectivity index (χ0v) is 15.8. The molecule has 136 valence electrons. The molecule has 0 saturated carbocycles. The largest absolute Gasteiger partial charge is 0.368 e. The molecule has 0 spiro atoms. The topological polar surface area (TPSA) is 83.3 Å². The normalized spacial score (nSPS) is 23.9. The first kappa shape index (κ1) is 18.6. The van der Waals surface area contributed by atoms with Crippen molar-refractivity contribution in [2.45, 2.75) is 18.6 Å². The molecule has 1 aliphatic rings. The van der Waals surface area contributed by atoms with Gasteiger partial charge in [-0.25, -0.2) is 9.67 Å². The molecule has 25 heavy (non-hydrogen) atoms. The van der Waals surface area contributed by atoms with Gasteiger partial charge in [-0.3, -0.25) is 4.18 Å². The van der Waals surface area contributed by atoms with Crippen LogP contribution in [0.3, 0.4) is 0 Å². The molecule has 0 N–H and O–H groups in total. The van der Waals surface area contributed by atoms with Gasteiger partial charge in [-0.2, -0.15) is 13.5 Å². The third kappa shape index (κ3) is 4.15. The second-order valence-electron chi connectivity index (χ2n) is 5.98. The fourth-order valence-electron chi connectivity index (χ4n) is 3.14. The lowest BCUT2D eigenvalue weighted by atomic mass is 9.87. The maximum absolute atomic E-state index is 11.8. The molecule has 10 heteroatoms. The van der Waals surface area contributed by atoms with Gasteiger partial charge in [0.2, 0.25) is 0 Å². The SMILES string of the molecule is COS(=O)(=O)C[C@@H]1CO[C@@](Cn2cncn2)(c2ccc(Cl)cc2Cl)C1. The molecular weight excluding hydrogens is 389 g/mol. The van der Waals surface area contributed by atoms with E-state index in [9.17, 15) is 8.42 Å². The Labute approximate surface area is 156 Å². The smallest absolute Gasteiger partial charge is 0.267 e. The molecule has 1 aromatic heterocycles. The predicted molar refractivity (Wildman–Crippen MR) is 93.0 cm³/mol. The highest BCUT2D eigenvalue weighted by Crippen LogP contribution is 2.44. The monoisotopic (exact) mass is 405 g/mol. The van der Waals surface area contributed by atoms with Gasteiger partial charge in [-0.1, -0.05) is 29.3 Å². The van der Waals surface area contributed by atoms with E-state index < -0.39 is 15.7 Å². The molecule has 7 nitrogen and oxygen atoms in total. The van der Waals surface area contributed by atoms with Crippen molar-refractivity contribution >= 4 is 33.3 Å². The zero-order chi connectivity index (χ0) is 18.1. The number of rotatable bonds is 6. The van der Waals surface area contributed by atoms with Crippen LogP contribution in [0.4, 0.5) is 0 Å². The number of nitrogens with zero attached hydrogens (tertiary/aromatic N) is 3. The molecule has 1 fully saturated rings. The molecule has 2 heterocycles. The van der Waals surface area contributed by atoms with Crippen LogP contribution < -0.4 is 0 Å². The van der Waals surface area contributed by atoms with Crippen LogP contribution >= 0.6 is 23.2 Å². The Morgan fingerprint density at radius 2 is 2.24 bits per heavy atom. The zero-order valence-electron chi connectivity index (χ0n) is 13.4. The summed E-state index contributed by atoms with van der Waals surface area (Å²) in [7, 11) is -2.43. The Hall–Kier alpha value is -1.19. The third-order valence-corrected chi connectivity index (χ3v) is 6.15. The average Bonchev–Trinajstić information content (AvgIpc) is 3.18. The number of halogens is 2. The minimum atomic E-state index is -3.58. The summed E-state index contributed by atoms with van der Waals surface area (Å²) in [6.07, 6.45) is 3.46. The number of ether oxygens (including phenoxy) is 1.